The number of carbonyl (C=O) groups excluding carboxylic acids is 3. The number of rotatable bonds is 64. The van der Waals surface area contributed by atoms with Crippen molar-refractivity contribution in [2.24, 2.45) is 0 Å². The van der Waals surface area contributed by atoms with Gasteiger partial charge in [-0.15, -0.1) is 0 Å². The minimum absolute atomic E-state index is 0.0774. The van der Waals surface area contributed by atoms with Crippen LogP contribution in [0.3, 0.4) is 0 Å². The van der Waals surface area contributed by atoms with Crippen LogP contribution in [0.15, 0.2) is 48.6 Å². The minimum atomic E-state index is -0.783. The zero-order chi connectivity index (χ0) is 56.4. The molecule has 0 aliphatic heterocycles. The molecule has 78 heavy (non-hydrogen) atoms. The van der Waals surface area contributed by atoms with E-state index < -0.39 is 6.10 Å². The first kappa shape index (κ1) is 75.4. The van der Waals surface area contributed by atoms with Crippen molar-refractivity contribution in [1.29, 1.82) is 0 Å². The molecule has 0 rings (SSSR count). The molecule has 0 saturated heterocycles. The smallest absolute Gasteiger partial charge is 0.306 e. The number of carbonyl (C=O) groups is 3. The molecule has 0 N–H and O–H groups in total. The van der Waals surface area contributed by atoms with Gasteiger partial charge in [0.05, 0.1) is 0 Å². The van der Waals surface area contributed by atoms with Crippen LogP contribution in [-0.4, -0.2) is 37.2 Å². The predicted molar refractivity (Wildman–Crippen MR) is 339 cm³/mol. The molecule has 0 bridgehead atoms. The summed E-state index contributed by atoms with van der Waals surface area (Å²) in [6, 6.07) is 0. The Bertz CT molecular complexity index is 1350. The lowest BCUT2D eigenvalue weighted by Crippen LogP contribution is -2.30. The average molecular weight is 1090 g/mol. The second kappa shape index (κ2) is 66.9. The van der Waals surface area contributed by atoms with Crippen LogP contribution < -0.4 is 0 Å². The molecule has 0 aromatic rings. The first-order valence-corrected chi connectivity index (χ1v) is 34.6. The number of ether oxygens (including phenoxy) is 3. The third-order valence-corrected chi connectivity index (χ3v) is 15.6. The lowest BCUT2D eigenvalue weighted by Gasteiger charge is -2.18. The zero-order valence-electron chi connectivity index (χ0n) is 52.5. The van der Waals surface area contributed by atoms with Crippen molar-refractivity contribution in [2.75, 3.05) is 13.2 Å². The Balaban J connectivity index is 4.28. The highest BCUT2D eigenvalue weighted by Gasteiger charge is 2.19. The molecular formula is C72H132O6. The van der Waals surface area contributed by atoms with Crippen LogP contribution in [-0.2, 0) is 28.6 Å². The van der Waals surface area contributed by atoms with Crippen LogP contribution in [0.1, 0.15) is 374 Å². The molecule has 0 aromatic carbocycles. The van der Waals surface area contributed by atoms with Gasteiger partial charge in [0.15, 0.2) is 6.10 Å². The third kappa shape index (κ3) is 64.2. The van der Waals surface area contributed by atoms with Crippen LogP contribution in [0.2, 0.25) is 0 Å². The van der Waals surface area contributed by atoms with Crippen molar-refractivity contribution in [3.8, 4) is 0 Å². The molecule has 0 fully saturated rings. The fourth-order valence-corrected chi connectivity index (χ4v) is 10.3. The second-order valence-electron chi connectivity index (χ2n) is 23.4. The summed E-state index contributed by atoms with van der Waals surface area (Å²) in [5.74, 6) is -0.875. The van der Waals surface area contributed by atoms with Crippen molar-refractivity contribution >= 4 is 17.9 Å². The van der Waals surface area contributed by atoms with Crippen LogP contribution in [0.5, 0.6) is 0 Å². The molecule has 1 atom stereocenters. The number of hydrogen-bond donors (Lipinski definition) is 0. The van der Waals surface area contributed by atoms with E-state index in [1.54, 1.807) is 0 Å². The van der Waals surface area contributed by atoms with Crippen LogP contribution >= 0.6 is 0 Å². The third-order valence-electron chi connectivity index (χ3n) is 15.6. The molecule has 0 spiro atoms. The molecule has 456 valence electrons. The van der Waals surface area contributed by atoms with E-state index in [1.807, 2.05) is 0 Å². The largest absolute Gasteiger partial charge is 0.462 e. The molecule has 0 aromatic heterocycles. The standard InChI is InChI=1S/C72H132O6/c1-4-7-10-13-16-19-22-25-28-30-32-33-34-35-36-37-38-40-41-44-47-50-53-56-59-62-65-71(74)77-68-69(67-76-70(73)64-61-58-55-52-49-46-43-27-24-21-18-15-12-9-6-3)78-72(75)66-63-60-57-54-51-48-45-42-39-31-29-26-23-20-17-14-11-8-5-2/h17,20,26-27,29,39,42-43,69H,4-16,18-19,21-25,28,30-38,40-41,44-68H2,1-3H3/b20-17-,29-26-,42-39-,43-27-. The highest BCUT2D eigenvalue weighted by Crippen LogP contribution is 2.18. The van der Waals surface area contributed by atoms with Gasteiger partial charge in [0.1, 0.15) is 13.2 Å². The number of unbranched alkanes of at least 4 members (excludes halogenated alkanes) is 45. The Morgan fingerprint density at radius 3 is 0.756 bits per heavy atom. The molecule has 0 saturated carbocycles. The van der Waals surface area contributed by atoms with Gasteiger partial charge in [-0.05, 0) is 83.5 Å². The van der Waals surface area contributed by atoms with Crippen LogP contribution in [0, 0.1) is 0 Å². The second-order valence-corrected chi connectivity index (χ2v) is 23.4. The van der Waals surface area contributed by atoms with Gasteiger partial charge in [-0.2, -0.15) is 0 Å². The van der Waals surface area contributed by atoms with E-state index >= 15 is 0 Å². The van der Waals surface area contributed by atoms with Crippen LogP contribution in [0.4, 0.5) is 0 Å². The van der Waals surface area contributed by atoms with E-state index in [0.717, 1.165) is 89.9 Å². The molecule has 1 unspecified atom stereocenters. The maximum absolute atomic E-state index is 12.9. The van der Waals surface area contributed by atoms with Gasteiger partial charge in [0.25, 0.3) is 0 Å². The summed E-state index contributed by atoms with van der Waals surface area (Å²) in [5.41, 5.74) is 0. The molecule has 0 radical (unpaired) electrons. The van der Waals surface area contributed by atoms with Gasteiger partial charge in [-0.25, -0.2) is 0 Å². The summed E-state index contributed by atoms with van der Waals surface area (Å²) >= 11 is 0. The maximum atomic E-state index is 12.9. The Kier molecular flexibility index (Phi) is 64.6. The molecule has 6 heteroatoms. The summed E-state index contributed by atoms with van der Waals surface area (Å²) in [7, 11) is 0. The van der Waals surface area contributed by atoms with Crippen molar-refractivity contribution in [3.63, 3.8) is 0 Å². The number of esters is 3. The zero-order valence-corrected chi connectivity index (χ0v) is 52.5. The fraction of sp³-hybridized carbons (Fsp3) is 0.847. The summed E-state index contributed by atoms with van der Waals surface area (Å²) in [4.78, 5) is 38.4. The maximum Gasteiger partial charge on any atom is 0.306 e. The predicted octanol–water partition coefficient (Wildman–Crippen LogP) is 23.7. The Hall–Kier alpha value is -2.63. The summed E-state index contributed by atoms with van der Waals surface area (Å²) in [6.07, 6.45) is 84.2. The Morgan fingerprint density at radius 1 is 0.256 bits per heavy atom. The van der Waals surface area contributed by atoms with E-state index in [4.69, 9.17) is 14.2 Å². The highest BCUT2D eigenvalue weighted by atomic mass is 16.6. The highest BCUT2D eigenvalue weighted by molar-refractivity contribution is 5.71. The summed E-state index contributed by atoms with van der Waals surface area (Å²) in [6.45, 7) is 6.65. The monoisotopic (exact) mass is 1090 g/mol. The van der Waals surface area contributed by atoms with Gasteiger partial charge >= 0.3 is 17.9 Å². The lowest BCUT2D eigenvalue weighted by molar-refractivity contribution is -0.167. The average Bonchev–Trinajstić information content (AvgIpc) is 3.44. The van der Waals surface area contributed by atoms with E-state index in [0.29, 0.717) is 19.3 Å². The van der Waals surface area contributed by atoms with E-state index in [9.17, 15) is 14.4 Å². The van der Waals surface area contributed by atoms with Gasteiger partial charge in [-0.1, -0.05) is 320 Å². The van der Waals surface area contributed by atoms with E-state index in [-0.39, 0.29) is 31.1 Å². The molecular weight excluding hydrogens is 961 g/mol. The SMILES string of the molecule is CCCCC/C=C\C/C=C\C/C=C\CCCCCCCCC(=O)OC(COC(=O)CCCCCCC/C=C\CCCCCCCC)COC(=O)CCCCCCCCCCCCCCCCCCCCCCCCCCCC. The van der Waals surface area contributed by atoms with E-state index in [1.165, 1.54) is 244 Å². The molecule has 0 amide bonds. The van der Waals surface area contributed by atoms with Crippen molar-refractivity contribution in [2.45, 2.75) is 380 Å². The lowest BCUT2D eigenvalue weighted by atomic mass is 10.0. The quantitative estimate of drug-likeness (QED) is 0.0261. The fourth-order valence-electron chi connectivity index (χ4n) is 10.3. The molecule has 6 nitrogen and oxygen atoms in total. The number of allylic oxidation sites excluding steroid dienone is 8. The summed E-state index contributed by atoms with van der Waals surface area (Å²) < 4.78 is 17.0. The van der Waals surface area contributed by atoms with Gasteiger partial charge < -0.3 is 14.2 Å². The van der Waals surface area contributed by atoms with E-state index in [2.05, 4.69) is 69.4 Å². The van der Waals surface area contributed by atoms with Crippen molar-refractivity contribution < 1.29 is 28.6 Å². The first-order valence-electron chi connectivity index (χ1n) is 34.6. The van der Waals surface area contributed by atoms with Crippen LogP contribution in [0.25, 0.3) is 0 Å². The Labute approximate surface area is 486 Å². The van der Waals surface area contributed by atoms with Gasteiger partial charge in [-0.3, -0.25) is 14.4 Å². The van der Waals surface area contributed by atoms with Crippen molar-refractivity contribution in [1.82, 2.24) is 0 Å². The summed E-state index contributed by atoms with van der Waals surface area (Å²) in [5, 5.41) is 0. The minimum Gasteiger partial charge on any atom is -0.462 e. The Morgan fingerprint density at radius 2 is 0.462 bits per heavy atom. The number of hydrogen-bond acceptors (Lipinski definition) is 6. The molecule has 0 heterocycles. The van der Waals surface area contributed by atoms with Gasteiger partial charge in [0, 0.05) is 19.3 Å². The first-order chi connectivity index (χ1) is 38.5. The normalized spacial score (nSPS) is 12.3. The van der Waals surface area contributed by atoms with Crippen molar-refractivity contribution in [3.05, 3.63) is 48.6 Å². The molecule has 0 aliphatic rings. The topological polar surface area (TPSA) is 78.9 Å². The molecule has 0 aliphatic carbocycles. The van der Waals surface area contributed by atoms with Gasteiger partial charge in [0.2, 0.25) is 0 Å².